The number of hydrogen-bond acceptors (Lipinski definition) is 7. The first kappa shape index (κ1) is 33.8. The lowest BCUT2D eigenvalue weighted by molar-refractivity contribution is -0.162. The molecule has 2 saturated heterocycles. The molecule has 3 rings (SSSR count). The van der Waals surface area contributed by atoms with Crippen LogP contribution in [0.1, 0.15) is 77.7 Å². The third-order valence-corrected chi connectivity index (χ3v) is 8.46. The molecule has 0 aliphatic carbocycles. The van der Waals surface area contributed by atoms with Gasteiger partial charge in [-0.25, -0.2) is 5.06 Å². The molecule has 0 bridgehead atoms. The number of nitrogens with zero attached hydrogens (tertiary/aromatic N) is 2. The van der Waals surface area contributed by atoms with Gasteiger partial charge in [0.2, 0.25) is 29.5 Å². The van der Waals surface area contributed by atoms with Gasteiger partial charge < -0.3 is 25.6 Å². The van der Waals surface area contributed by atoms with Crippen molar-refractivity contribution in [3.05, 3.63) is 29.8 Å². The number of hydrogen-bond donors (Lipinski definition) is 4. The summed E-state index contributed by atoms with van der Waals surface area (Å²) >= 11 is 0. The van der Waals surface area contributed by atoms with Crippen molar-refractivity contribution in [3.63, 3.8) is 0 Å². The number of rotatable bonds is 11. The summed E-state index contributed by atoms with van der Waals surface area (Å²) in [7, 11) is 1.56. The quantitative estimate of drug-likeness (QED) is 0.171. The Morgan fingerprint density at radius 2 is 1.67 bits per heavy atom. The Kier molecular flexibility index (Phi) is 12.8. The maximum Gasteiger partial charge on any atom is 0.246 e. The molecule has 43 heavy (non-hydrogen) atoms. The maximum absolute atomic E-state index is 13.9. The number of amides is 5. The molecule has 12 heteroatoms. The van der Waals surface area contributed by atoms with Gasteiger partial charge in [-0.3, -0.25) is 29.2 Å². The van der Waals surface area contributed by atoms with Crippen LogP contribution >= 0.6 is 0 Å². The minimum absolute atomic E-state index is 0.166. The molecule has 238 valence electrons. The van der Waals surface area contributed by atoms with E-state index in [2.05, 4.69) is 16.0 Å². The number of methoxy groups -OCH3 is 1. The van der Waals surface area contributed by atoms with Crippen LogP contribution in [0.3, 0.4) is 0 Å². The fourth-order valence-corrected chi connectivity index (χ4v) is 5.54. The molecule has 1 aromatic rings. The van der Waals surface area contributed by atoms with Crippen molar-refractivity contribution in [1.29, 1.82) is 0 Å². The van der Waals surface area contributed by atoms with E-state index >= 15 is 0 Å². The van der Waals surface area contributed by atoms with E-state index in [0.717, 1.165) is 18.4 Å². The molecule has 4 N–H and O–H groups in total. The summed E-state index contributed by atoms with van der Waals surface area (Å²) in [6, 6.07) is 3.69. The van der Waals surface area contributed by atoms with Gasteiger partial charge in [0, 0.05) is 26.4 Å². The Hall–Kier alpha value is -3.67. The van der Waals surface area contributed by atoms with Crippen LogP contribution in [0.25, 0.3) is 0 Å². The Labute approximate surface area is 253 Å². The Morgan fingerprint density at radius 3 is 2.33 bits per heavy atom. The molecular weight excluding hydrogens is 554 g/mol. The van der Waals surface area contributed by atoms with Gasteiger partial charge in [0.1, 0.15) is 29.9 Å². The van der Waals surface area contributed by atoms with Gasteiger partial charge in [0.25, 0.3) is 0 Å². The zero-order valence-electron chi connectivity index (χ0n) is 25.8. The number of ether oxygens (including phenoxy) is 1. The van der Waals surface area contributed by atoms with E-state index in [1.54, 1.807) is 24.1 Å². The SMILES string of the molecule is CC[C@@H](C)[C@@H]1NC(=O)[C@@H](Cc2ccc(OC)cc2)NC(=O)[C@H](CCCCCN(O)C(C)=O)NC(=O)[C@H]2CCCCN2C1=O. The molecule has 0 aromatic heterocycles. The molecule has 0 saturated carbocycles. The van der Waals surface area contributed by atoms with Crippen LogP contribution in [0, 0.1) is 5.92 Å². The van der Waals surface area contributed by atoms with E-state index in [1.165, 1.54) is 6.92 Å². The minimum Gasteiger partial charge on any atom is -0.497 e. The summed E-state index contributed by atoms with van der Waals surface area (Å²) in [5, 5.41) is 18.9. The molecule has 2 heterocycles. The van der Waals surface area contributed by atoms with Crippen molar-refractivity contribution in [2.24, 2.45) is 5.92 Å². The van der Waals surface area contributed by atoms with Crippen molar-refractivity contribution in [2.75, 3.05) is 20.2 Å². The first-order valence-corrected chi connectivity index (χ1v) is 15.4. The molecular formula is C31H47N5O7. The van der Waals surface area contributed by atoms with Crippen LogP contribution in [-0.4, -0.2) is 89.1 Å². The monoisotopic (exact) mass is 601 g/mol. The van der Waals surface area contributed by atoms with Crippen LogP contribution in [0.2, 0.25) is 0 Å². The third kappa shape index (κ3) is 9.41. The minimum atomic E-state index is -0.991. The van der Waals surface area contributed by atoms with Crippen LogP contribution in [0.4, 0.5) is 0 Å². The van der Waals surface area contributed by atoms with E-state index in [-0.39, 0.29) is 37.1 Å². The highest BCUT2D eigenvalue weighted by Crippen LogP contribution is 2.22. The molecule has 12 nitrogen and oxygen atoms in total. The number of carbonyl (C=O) groups is 5. The van der Waals surface area contributed by atoms with Gasteiger partial charge in [0.15, 0.2) is 0 Å². The first-order valence-electron chi connectivity index (χ1n) is 15.4. The van der Waals surface area contributed by atoms with Crippen molar-refractivity contribution < 1.29 is 33.9 Å². The molecule has 2 aliphatic rings. The van der Waals surface area contributed by atoms with E-state index < -0.39 is 41.9 Å². The Morgan fingerprint density at radius 1 is 1.00 bits per heavy atom. The summed E-state index contributed by atoms with van der Waals surface area (Å²) in [4.78, 5) is 67.8. The first-order chi connectivity index (χ1) is 20.5. The highest BCUT2D eigenvalue weighted by atomic mass is 16.5. The second-order valence-corrected chi connectivity index (χ2v) is 11.6. The van der Waals surface area contributed by atoms with Gasteiger partial charge in [-0.2, -0.15) is 0 Å². The van der Waals surface area contributed by atoms with E-state index in [4.69, 9.17) is 4.74 Å². The number of benzene rings is 1. The van der Waals surface area contributed by atoms with E-state index in [9.17, 15) is 29.2 Å². The second-order valence-electron chi connectivity index (χ2n) is 11.6. The summed E-state index contributed by atoms with van der Waals surface area (Å²) in [5.41, 5.74) is 0.787. The summed E-state index contributed by atoms with van der Waals surface area (Å²) in [6.45, 7) is 5.68. The van der Waals surface area contributed by atoms with Crippen LogP contribution in [0.5, 0.6) is 5.75 Å². The lowest BCUT2D eigenvalue weighted by atomic mass is 9.93. The lowest BCUT2D eigenvalue weighted by Crippen LogP contribution is -2.64. The van der Waals surface area contributed by atoms with Gasteiger partial charge in [0.05, 0.1) is 7.11 Å². The standard InChI is InChI=1S/C31H47N5O7/c1-5-20(2)27-31(41)35-17-10-8-12-26(35)30(40)32-24(11-7-6-9-18-36(42)21(3)37)28(38)33-25(29(39)34-27)19-22-13-15-23(43-4)16-14-22/h13-16,20,24-27,42H,5-12,17-19H2,1-4H3,(H,32,40)(H,33,38)(H,34,39)/t20-,24+,25-,26-,27+/m1/s1. The van der Waals surface area contributed by atoms with Crippen LogP contribution < -0.4 is 20.7 Å². The number of nitrogens with one attached hydrogen (secondary N) is 3. The average Bonchev–Trinajstić information content (AvgIpc) is 3.01. The predicted molar refractivity (Wildman–Crippen MR) is 159 cm³/mol. The fourth-order valence-electron chi connectivity index (χ4n) is 5.54. The zero-order chi connectivity index (χ0) is 31.5. The normalized spacial score (nSPS) is 24.0. The van der Waals surface area contributed by atoms with Crippen LogP contribution in [0.15, 0.2) is 24.3 Å². The van der Waals surface area contributed by atoms with Crippen molar-refractivity contribution in [3.8, 4) is 5.75 Å². The van der Waals surface area contributed by atoms with Gasteiger partial charge in [-0.15, -0.1) is 0 Å². The number of fused-ring (bicyclic) bond motifs is 1. The topological polar surface area (TPSA) is 157 Å². The Bertz CT molecular complexity index is 1130. The zero-order valence-corrected chi connectivity index (χ0v) is 25.8. The van der Waals surface area contributed by atoms with Gasteiger partial charge >= 0.3 is 0 Å². The highest BCUT2D eigenvalue weighted by Gasteiger charge is 2.40. The van der Waals surface area contributed by atoms with Crippen molar-refractivity contribution in [2.45, 2.75) is 103 Å². The molecule has 2 fully saturated rings. The van der Waals surface area contributed by atoms with E-state index in [1.807, 2.05) is 26.0 Å². The van der Waals surface area contributed by atoms with Gasteiger partial charge in [-0.1, -0.05) is 45.2 Å². The largest absolute Gasteiger partial charge is 0.497 e. The lowest BCUT2D eigenvalue weighted by Gasteiger charge is -2.39. The molecule has 0 spiro atoms. The molecule has 0 unspecified atom stereocenters. The smallest absolute Gasteiger partial charge is 0.246 e. The molecule has 5 amide bonds. The van der Waals surface area contributed by atoms with Gasteiger partial charge in [-0.05, 0) is 55.7 Å². The molecule has 2 aliphatic heterocycles. The molecule has 1 aromatic carbocycles. The third-order valence-electron chi connectivity index (χ3n) is 8.46. The summed E-state index contributed by atoms with van der Waals surface area (Å²) in [5.74, 6) is -1.59. The summed E-state index contributed by atoms with van der Waals surface area (Å²) in [6.07, 6.45) is 4.75. The van der Waals surface area contributed by atoms with Crippen LogP contribution in [-0.2, 0) is 30.4 Å². The van der Waals surface area contributed by atoms with E-state index in [0.29, 0.717) is 49.5 Å². The second kappa shape index (κ2) is 16.3. The molecule has 0 radical (unpaired) electrons. The average molecular weight is 602 g/mol. The molecule has 5 atom stereocenters. The summed E-state index contributed by atoms with van der Waals surface area (Å²) < 4.78 is 5.24. The Balaban J connectivity index is 1.88. The fraction of sp³-hybridized carbons (Fsp3) is 0.645. The predicted octanol–water partition coefficient (Wildman–Crippen LogP) is 1.93. The van der Waals surface area contributed by atoms with Crippen molar-refractivity contribution in [1.82, 2.24) is 25.9 Å². The maximum atomic E-state index is 13.9. The highest BCUT2D eigenvalue weighted by molar-refractivity contribution is 5.97. The number of piperidine rings is 1. The number of hydroxylamine groups is 2. The number of carbonyl (C=O) groups excluding carboxylic acids is 5. The number of unbranched alkanes of at least 4 members (excludes halogenated alkanes) is 2. The van der Waals surface area contributed by atoms with Crippen molar-refractivity contribution >= 4 is 29.5 Å².